The molecule has 0 atom stereocenters. The van der Waals surface area contributed by atoms with Crippen molar-refractivity contribution in [1.29, 1.82) is 0 Å². The molecular formula is C19H20BrClN2O4. The van der Waals surface area contributed by atoms with Crippen molar-refractivity contribution in [3.8, 4) is 11.5 Å². The Hall–Kier alpha value is -2.25. The summed E-state index contributed by atoms with van der Waals surface area (Å²) in [5.74, 6) is -0.0281. The first-order chi connectivity index (χ1) is 13.0. The predicted molar refractivity (Wildman–Crippen MR) is 107 cm³/mol. The molecule has 2 rings (SSSR count). The lowest BCUT2D eigenvalue weighted by Gasteiger charge is -2.13. The van der Waals surface area contributed by atoms with E-state index in [4.69, 9.17) is 21.1 Å². The molecule has 0 aliphatic heterocycles. The standard InChI is InChI=1S/C19H20BrClN2O4/c1-2-3-10-26-17-9-4-13(20)11-16(17)19(25)23-22-18(24)12-27-15-7-5-14(21)6-8-15/h4-9,11H,2-3,10,12H2,1H3,(H,22,24)(H,23,25). The van der Waals surface area contributed by atoms with Crippen LogP contribution in [0.1, 0.15) is 30.1 Å². The zero-order valence-electron chi connectivity index (χ0n) is 14.8. The number of amides is 2. The van der Waals surface area contributed by atoms with Crippen LogP contribution in [-0.2, 0) is 4.79 Å². The molecule has 0 fully saturated rings. The molecule has 2 N–H and O–H groups in total. The van der Waals surface area contributed by atoms with Crippen molar-refractivity contribution in [2.45, 2.75) is 19.8 Å². The number of rotatable bonds is 8. The molecule has 2 aromatic rings. The van der Waals surface area contributed by atoms with Crippen LogP contribution in [0.4, 0.5) is 0 Å². The number of ether oxygens (including phenoxy) is 2. The summed E-state index contributed by atoms with van der Waals surface area (Å²) in [4.78, 5) is 24.2. The lowest BCUT2D eigenvalue weighted by molar-refractivity contribution is -0.123. The minimum Gasteiger partial charge on any atom is -0.493 e. The van der Waals surface area contributed by atoms with Crippen molar-refractivity contribution in [2.24, 2.45) is 0 Å². The molecule has 0 heterocycles. The monoisotopic (exact) mass is 454 g/mol. The van der Waals surface area contributed by atoms with Gasteiger partial charge in [-0.15, -0.1) is 0 Å². The highest BCUT2D eigenvalue weighted by Gasteiger charge is 2.14. The van der Waals surface area contributed by atoms with E-state index < -0.39 is 11.8 Å². The van der Waals surface area contributed by atoms with E-state index in [0.717, 1.165) is 17.3 Å². The number of nitrogens with one attached hydrogen (secondary N) is 2. The third kappa shape index (κ3) is 7.11. The molecule has 0 aliphatic carbocycles. The Balaban J connectivity index is 1.87. The van der Waals surface area contributed by atoms with Gasteiger partial charge in [0.15, 0.2) is 6.61 Å². The topological polar surface area (TPSA) is 76.7 Å². The Morgan fingerprint density at radius 1 is 1.07 bits per heavy atom. The van der Waals surface area contributed by atoms with Gasteiger partial charge in [0.05, 0.1) is 12.2 Å². The number of hydrazine groups is 1. The maximum atomic E-state index is 12.4. The largest absolute Gasteiger partial charge is 0.493 e. The molecular weight excluding hydrogens is 436 g/mol. The molecule has 0 saturated carbocycles. The highest BCUT2D eigenvalue weighted by molar-refractivity contribution is 9.10. The summed E-state index contributed by atoms with van der Waals surface area (Å²) < 4.78 is 11.7. The molecule has 0 radical (unpaired) electrons. The molecule has 6 nitrogen and oxygen atoms in total. The summed E-state index contributed by atoms with van der Waals surface area (Å²) in [7, 11) is 0. The van der Waals surface area contributed by atoms with E-state index in [1.54, 1.807) is 42.5 Å². The smallest absolute Gasteiger partial charge is 0.276 e. The quantitative estimate of drug-likeness (QED) is 0.464. The van der Waals surface area contributed by atoms with E-state index in [2.05, 4.69) is 33.7 Å². The number of hydrogen-bond acceptors (Lipinski definition) is 4. The third-order valence-corrected chi connectivity index (χ3v) is 4.19. The normalized spacial score (nSPS) is 10.2. The van der Waals surface area contributed by atoms with Gasteiger partial charge in [-0.3, -0.25) is 20.4 Å². The van der Waals surface area contributed by atoms with Gasteiger partial charge in [0.2, 0.25) is 0 Å². The van der Waals surface area contributed by atoms with Gasteiger partial charge in [-0.1, -0.05) is 40.9 Å². The van der Waals surface area contributed by atoms with Gasteiger partial charge in [0.1, 0.15) is 11.5 Å². The maximum Gasteiger partial charge on any atom is 0.276 e. The van der Waals surface area contributed by atoms with Crippen molar-refractivity contribution in [2.75, 3.05) is 13.2 Å². The highest BCUT2D eigenvalue weighted by Crippen LogP contribution is 2.23. The first-order valence-corrected chi connectivity index (χ1v) is 9.56. The summed E-state index contributed by atoms with van der Waals surface area (Å²) in [6, 6.07) is 11.7. The van der Waals surface area contributed by atoms with E-state index in [9.17, 15) is 9.59 Å². The minimum atomic E-state index is -0.498. The van der Waals surface area contributed by atoms with E-state index in [1.807, 2.05) is 0 Å². The van der Waals surface area contributed by atoms with Gasteiger partial charge in [-0.05, 0) is 48.9 Å². The molecule has 0 aliphatic rings. The fourth-order valence-electron chi connectivity index (χ4n) is 2.04. The van der Waals surface area contributed by atoms with Crippen molar-refractivity contribution < 1.29 is 19.1 Å². The number of benzene rings is 2. The first-order valence-electron chi connectivity index (χ1n) is 8.39. The summed E-state index contributed by atoms with van der Waals surface area (Å²) in [6.45, 7) is 2.32. The van der Waals surface area contributed by atoms with Crippen LogP contribution >= 0.6 is 27.5 Å². The van der Waals surface area contributed by atoms with E-state index in [0.29, 0.717) is 28.7 Å². The van der Waals surface area contributed by atoms with Crippen LogP contribution in [0.5, 0.6) is 11.5 Å². The lowest BCUT2D eigenvalue weighted by atomic mass is 10.2. The molecule has 0 unspecified atom stereocenters. The molecule has 144 valence electrons. The molecule has 27 heavy (non-hydrogen) atoms. The molecule has 8 heteroatoms. The summed E-state index contributed by atoms with van der Waals surface area (Å²) in [6.07, 6.45) is 1.87. The molecule has 2 amide bonds. The van der Waals surface area contributed by atoms with Crippen LogP contribution in [0, 0.1) is 0 Å². The average molecular weight is 456 g/mol. The second kappa shape index (κ2) is 10.8. The van der Waals surface area contributed by atoms with Gasteiger partial charge in [-0.2, -0.15) is 0 Å². The third-order valence-electron chi connectivity index (χ3n) is 3.44. The Bertz CT molecular complexity index is 784. The van der Waals surface area contributed by atoms with E-state index in [1.165, 1.54) is 0 Å². The van der Waals surface area contributed by atoms with Crippen LogP contribution in [0.25, 0.3) is 0 Å². The molecule has 0 bridgehead atoms. The van der Waals surface area contributed by atoms with Gasteiger partial charge in [0, 0.05) is 9.50 Å². The van der Waals surface area contributed by atoms with Crippen LogP contribution in [-0.4, -0.2) is 25.0 Å². The number of hydrogen-bond donors (Lipinski definition) is 2. The number of unbranched alkanes of at least 4 members (excludes halogenated alkanes) is 1. The first kappa shape index (κ1) is 21.1. The molecule has 2 aromatic carbocycles. The summed E-state index contributed by atoms with van der Waals surface area (Å²) >= 11 is 9.12. The van der Waals surface area contributed by atoms with Gasteiger partial charge in [-0.25, -0.2) is 0 Å². The SMILES string of the molecule is CCCCOc1ccc(Br)cc1C(=O)NNC(=O)COc1ccc(Cl)cc1. The van der Waals surface area contributed by atoms with Crippen LogP contribution in [0.3, 0.4) is 0 Å². The molecule has 0 aromatic heterocycles. The molecule has 0 saturated heterocycles. The Morgan fingerprint density at radius 2 is 1.81 bits per heavy atom. The van der Waals surface area contributed by atoms with Gasteiger partial charge >= 0.3 is 0 Å². The van der Waals surface area contributed by atoms with Crippen LogP contribution in [0.15, 0.2) is 46.9 Å². The maximum absolute atomic E-state index is 12.4. The van der Waals surface area contributed by atoms with Crippen molar-refractivity contribution in [3.63, 3.8) is 0 Å². The average Bonchev–Trinajstić information content (AvgIpc) is 2.67. The van der Waals surface area contributed by atoms with Crippen LogP contribution < -0.4 is 20.3 Å². The van der Waals surface area contributed by atoms with E-state index in [-0.39, 0.29) is 6.61 Å². The zero-order chi connectivity index (χ0) is 19.6. The number of carbonyl (C=O) groups excluding carboxylic acids is 2. The second-order valence-corrected chi connectivity index (χ2v) is 6.94. The van der Waals surface area contributed by atoms with E-state index >= 15 is 0 Å². The summed E-state index contributed by atoms with van der Waals surface area (Å²) in [5.41, 5.74) is 5.00. The van der Waals surface area contributed by atoms with Crippen molar-refractivity contribution in [1.82, 2.24) is 10.9 Å². The fraction of sp³-hybridized carbons (Fsp3) is 0.263. The van der Waals surface area contributed by atoms with Crippen molar-refractivity contribution in [3.05, 3.63) is 57.5 Å². The lowest BCUT2D eigenvalue weighted by Crippen LogP contribution is -2.44. The minimum absolute atomic E-state index is 0.250. The van der Waals surface area contributed by atoms with Crippen molar-refractivity contribution >= 4 is 39.3 Å². The Morgan fingerprint density at radius 3 is 2.52 bits per heavy atom. The number of halogens is 2. The Kier molecular flexibility index (Phi) is 8.42. The second-order valence-electron chi connectivity index (χ2n) is 5.59. The summed E-state index contributed by atoms with van der Waals surface area (Å²) in [5, 5.41) is 0.574. The van der Waals surface area contributed by atoms with Crippen LogP contribution in [0.2, 0.25) is 5.02 Å². The Labute approximate surface area is 171 Å². The zero-order valence-corrected chi connectivity index (χ0v) is 17.1. The van der Waals surface area contributed by atoms with Gasteiger partial charge in [0.25, 0.3) is 11.8 Å². The number of carbonyl (C=O) groups is 2. The molecule has 0 spiro atoms. The fourth-order valence-corrected chi connectivity index (χ4v) is 2.53. The highest BCUT2D eigenvalue weighted by atomic mass is 79.9. The van der Waals surface area contributed by atoms with Gasteiger partial charge < -0.3 is 9.47 Å². The predicted octanol–water partition coefficient (Wildman–Crippen LogP) is 4.12.